The summed E-state index contributed by atoms with van der Waals surface area (Å²) in [4.78, 5) is 11.5. The van der Waals surface area contributed by atoms with Crippen LogP contribution in [0.3, 0.4) is 0 Å². The molecule has 1 aromatic carbocycles. The first kappa shape index (κ1) is 17.4. The lowest BCUT2D eigenvalue weighted by Gasteiger charge is -2.19. The van der Waals surface area contributed by atoms with Crippen LogP contribution in [0, 0.1) is 0 Å². The predicted molar refractivity (Wildman–Crippen MR) is 92.9 cm³/mol. The van der Waals surface area contributed by atoms with E-state index in [9.17, 15) is 4.79 Å². The van der Waals surface area contributed by atoms with Gasteiger partial charge in [-0.3, -0.25) is 4.79 Å². The van der Waals surface area contributed by atoms with Gasteiger partial charge < -0.3 is 10.1 Å². The summed E-state index contributed by atoms with van der Waals surface area (Å²) in [5, 5.41) is 12.0. The Kier molecular flexibility index (Phi) is 5.71. The second-order valence-corrected chi connectivity index (χ2v) is 7.42. The molecule has 0 saturated heterocycles. The van der Waals surface area contributed by atoms with E-state index in [4.69, 9.17) is 4.74 Å². The maximum Gasteiger partial charge on any atom is 0.226 e. The highest BCUT2D eigenvalue weighted by Gasteiger charge is 2.13. The summed E-state index contributed by atoms with van der Waals surface area (Å²) in [5.41, 5.74) is 1.39. The van der Waals surface area contributed by atoms with E-state index in [1.54, 1.807) is 0 Å². The summed E-state index contributed by atoms with van der Waals surface area (Å²) in [6.45, 7) is 8.84. The molecule has 0 aliphatic rings. The van der Waals surface area contributed by atoms with E-state index in [2.05, 4.69) is 48.4 Å². The molecule has 0 saturated carbocycles. The minimum absolute atomic E-state index is 0.0334. The Hall–Kier alpha value is -1.95. The summed E-state index contributed by atoms with van der Waals surface area (Å²) < 4.78 is 5.72. The number of hydrogen-bond acceptors (Lipinski definition) is 5. The maximum absolute atomic E-state index is 11.5. The van der Waals surface area contributed by atoms with Crippen molar-refractivity contribution in [3.63, 3.8) is 0 Å². The van der Waals surface area contributed by atoms with Crippen molar-refractivity contribution in [1.29, 1.82) is 0 Å². The summed E-state index contributed by atoms with van der Waals surface area (Å²) in [6.07, 6.45) is 1.30. The number of anilines is 1. The lowest BCUT2D eigenvalue weighted by molar-refractivity contribution is -0.116. The molecule has 23 heavy (non-hydrogen) atoms. The summed E-state index contributed by atoms with van der Waals surface area (Å²) in [6, 6.07) is 8.08. The van der Waals surface area contributed by atoms with Gasteiger partial charge in [0.25, 0.3) is 0 Å². The predicted octanol–water partition coefficient (Wildman–Crippen LogP) is 4.15. The molecule has 0 bridgehead atoms. The van der Waals surface area contributed by atoms with Gasteiger partial charge in [-0.2, -0.15) is 0 Å². The molecule has 5 nitrogen and oxygen atoms in total. The van der Waals surface area contributed by atoms with Crippen molar-refractivity contribution in [3.05, 3.63) is 34.8 Å². The molecule has 0 fully saturated rings. The summed E-state index contributed by atoms with van der Waals surface area (Å²) >= 11 is 1.33. The van der Waals surface area contributed by atoms with Crippen LogP contribution in [0.25, 0.3) is 0 Å². The second kappa shape index (κ2) is 7.55. The average molecular weight is 333 g/mol. The zero-order valence-corrected chi connectivity index (χ0v) is 14.9. The molecule has 1 heterocycles. The van der Waals surface area contributed by atoms with Crippen LogP contribution in [0.15, 0.2) is 24.3 Å². The standard InChI is InChI=1S/C17H23N3O2S/c1-5-6-14(21)18-16-20-19-15(23-16)11-22-13-9-7-12(8-10-13)17(2,3)4/h7-10H,5-6,11H2,1-4H3,(H,18,20,21). The minimum atomic E-state index is -0.0334. The number of rotatable bonds is 6. The Bertz CT molecular complexity index is 645. The normalized spacial score (nSPS) is 11.3. The SMILES string of the molecule is CCCC(=O)Nc1nnc(COc2ccc(C(C)(C)C)cc2)s1. The van der Waals surface area contributed by atoms with E-state index in [0.717, 1.165) is 17.2 Å². The highest BCUT2D eigenvalue weighted by atomic mass is 32.1. The third-order valence-corrected chi connectivity index (χ3v) is 4.09. The van der Waals surface area contributed by atoms with Crippen LogP contribution in [-0.4, -0.2) is 16.1 Å². The minimum Gasteiger partial charge on any atom is -0.486 e. The van der Waals surface area contributed by atoms with Gasteiger partial charge in [-0.05, 0) is 29.5 Å². The van der Waals surface area contributed by atoms with Crippen LogP contribution in [0.1, 0.15) is 51.1 Å². The van der Waals surface area contributed by atoms with Gasteiger partial charge in [-0.15, -0.1) is 10.2 Å². The highest BCUT2D eigenvalue weighted by molar-refractivity contribution is 7.15. The van der Waals surface area contributed by atoms with Crippen molar-refractivity contribution in [2.45, 2.75) is 52.6 Å². The fourth-order valence-corrected chi connectivity index (χ4v) is 2.64. The van der Waals surface area contributed by atoms with Gasteiger partial charge in [-0.25, -0.2) is 0 Å². The largest absolute Gasteiger partial charge is 0.486 e. The van der Waals surface area contributed by atoms with Crippen LogP contribution in [-0.2, 0) is 16.8 Å². The third-order valence-electron chi connectivity index (χ3n) is 3.27. The van der Waals surface area contributed by atoms with Crippen molar-refractivity contribution in [3.8, 4) is 5.75 Å². The van der Waals surface area contributed by atoms with Crippen molar-refractivity contribution in [2.75, 3.05) is 5.32 Å². The first-order valence-corrected chi connectivity index (χ1v) is 8.55. The number of benzene rings is 1. The van der Waals surface area contributed by atoms with Gasteiger partial charge >= 0.3 is 0 Å². The molecule has 0 unspecified atom stereocenters. The molecular formula is C17H23N3O2S. The Morgan fingerprint density at radius 1 is 1.22 bits per heavy atom. The molecule has 2 rings (SSSR count). The summed E-state index contributed by atoms with van der Waals surface area (Å²) in [7, 11) is 0. The first-order chi connectivity index (χ1) is 10.9. The molecule has 0 atom stereocenters. The third kappa shape index (κ3) is 5.32. The van der Waals surface area contributed by atoms with E-state index in [0.29, 0.717) is 18.2 Å². The molecule has 124 valence electrons. The lowest BCUT2D eigenvalue weighted by Crippen LogP contribution is -2.10. The molecule has 0 aliphatic heterocycles. The van der Waals surface area contributed by atoms with Gasteiger partial charge in [0.1, 0.15) is 12.4 Å². The smallest absolute Gasteiger partial charge is 0.226 e. The van der Waals surface area contributed by atoms with Gasteiger partial charge in [0.15, 0.2) is 5.01 Å². The molecule has 1 aromatic heterocycles. The maximum atomic E-state index is 11.5. The van der Waals surface area contributed by atoms with E-state index in [-0.39, 0.29) is 11.3 Å². The van der Waals surface area contributed by atoms with E-state index in [1.165, 1.54) is 16.9 Å². The highest BCUT2D eigenvalue weighted by Crippen LogP contribution is 2.25. The van der Waals surface area contributed by atoms with Crippen LogP contribution in [0.4, 0.5) is 5.13 Å². The van der Waals surface area contributed by atoms with Gasteiger partial charge in [0, 0.05) is 6.42 Å². The number of nitrogens with one attached hydrogen (secondary N) is 1. The Morgan fingerprint density at radius 2 is 1.91 bits per heavy atom. The zero-order chi connectivity index (χ0) is 16.9. The zero-order valence-electron chi connectivity index (χ0n) is 14.0. The van der Waals surface area contributed by atoms with Crippen LogP contribution in [0.2, 0.25) is 0 Å². The van der Waals surface area contributed by atoms with Gasteiger partial charge in [0.05, 0.1) is 0 Å². The number of ether oxygens (including phenoxy) is 1. The van der Waals surface area contributed by atoms with Crippen molar-refractivity contribution < 1.29 is 9.53 Å². The molecule has 0 spiro atoms. The molecule has 1 amide bonds. The van der Waals surface area contributed by atoms with Gasteiger partial charge in [-0.1, -0.05) is 51.2 Å². The monoisotopic (exact) mass is 333 g/mol. The quantitative estimate of drug-likeness (QED) is 0.862. The second-order valence-electron chi connectivity index (χ2n) is 6.36. The number of carbonyl (C=O) groups excluding carboxylic acids is 1. The number of nitrogens with zero attached hydrogens (tertiary/aromatic N) is 2. The molecule has 0 aliphatic carbocycles. The van der Waals surface area contributed by atoms with E-state index < -0.39 is 0 Å². The Morgan fingerprint density at radius 3 is 2.52 bits per heavy atom. The topological polar surface area (TPSA) is 64.1 Å². The number of hydrogen-bond donors (Lipinski definition) is 1. The lowest BCUT2D eigenvalue weighted by atomic mass is 9.87. The molecular weight excluding hydrogens is 310 g/mol. The number of carbonyl (C=O) groups is 1. The molecule has 2 aromatic rings. The van der Waals surface area contributed by atoms with Crippen LogP contribution >= 0.6 is 11.3 Å². The van der Waals surface area contributed by atoms with Crippen LogP contribution in [0.5, 0.6) is 5.75 Å². The van der Waals surface area contributed by atoms with E-state index in [1.807, 2.05) is 19.1 Å². The molecule has 0 radical (unpaired) electrons. The Labute approximate surface area is 141 Å². The first-order valence-electron chi connectivity index (χ1n) is 7.74. The van der Waals surface area contributed by atoms with Crippen molar-refractivity contribution >= 4 is 22.4 Å². The number of aromatic nitrogens is 2. The molecule has 6 heteroatoms. The molecule has 1 N–H and O–H groups in total. The van der Waals surface area contributed by atoms with Crippen LogP contribution < -0.4 is 10.1 Å². The van der Waals surface area contributed by atoms with E-state index >= 15 is 0 Å². The fraction of sp³-hybridized carbons (Fsp3) is 0.471. The summed E-state index contributed by atoms with van der Waals surface area (Å²) in [5.74, 6) is 0.763. The van der Waals surface area contributed by atoms with Gasteiger partial charge in [0.2, 0.25) is 11.0 Å². The Balaban J connectivity index is 1.89. The van der Waals surface area contributed by atoms with Crippen molar-refractivity contribution in [1.82, 2.24) is 10.2 Å². The fourth-order valence-electron chi connectivity index (χ4n) is 1.97. The van der Waals surface area contributed by atoms with Crippen molar-refractivity contribution in [2.24, 2.45) is 0 Å². The average Bonchev–Trinajstić information content (AvgIpc) is 2.92. The number of amides is 1.